The Balaban J connectivity index is 1.62. The number of anilines is 2. The van der Waals surface area contributed by atoms with E-state index in [2.05, 4.69) is 10.3 Å². The van der Waals surface area contributed by atoms with Crippen molar-refractivity contribution in [3.63, 3.8) is 0 Å². The lowest BCUT2D eigenvalue weighted by Crippen LogP contribution is -2.41. The minimum atomic E-state index is -4.91. The van der Waals surface area contributed by atoms with Gasteiger partial charge in [0.05, 0.1) is 33.5 Å². The lowest BCUT2D eigenvalue weighted by atomic mass is 9.78. The summed E-state index contributed by atoms with van der Waals surface area (Å²) in [6.07, 6.45) is -1.87. The van der Waals surface area contributed by atoms with E-state index in [-0.39, 0.29) is 20.6 Å². The van der Waals surface area contributed by atoms with Gasteiger partial charge in [0.25, 0.3) is 10.0 Å². The molecule has 0 spiro atoms. The number of halogens is 3. The SMILES string of the molecule is CC(Nc1cc(F)c(S(=O)(=O)N(C(=O)O)c2cscn2)cc1Cl)c1cc(B2OC(C)(C)C(C)(C)O2)ccc1F. The number of rotatable bonds is 7. The van der Waals surface area contributed by atoms with Crippen LogP contribution in [0.1, 0.15) is 46.2 Å². The average molecular weight is 600 g/mol. The molecule has 0 saturated carbocycles. The monoisotopic (exact) mass is 599 g/mol. The molecule has 1 unspecified atom stereocenters. The van der Waals surface area contributed by atoms with E-state index in [1.165, 1.54) is 17.0 Å². The van der Waals surface area contributed by atoms with Gasteiger partial charge >= 0.3 is 13.2 Å². The number of benzene rings is 2. The van der Waals surface area contributed by atoms with Gasteiger partial charge in [-0.2, -0.15) is 0 Å². The number of nitrogens with one attached hydrogen (secondary N) is 1. The van der Waals surface area contributed by atoms with Crippen molar-refractivity contribution in [1.82, 2.24) is 4.98 Å². The first-order chi connectivity index (χ1) is 18.0. The Morgan fingerprint density at radius 3 is 2.36 bits per heavy atom. The van der Waals surface area contributed by atoms with Crippen molar-refractivity contribution < 1.29 is 36.4 Å². The van der Waals surface area contributed by atoms with E-state index in [9.17, 15) is 22.7 Å². The maximum atomic E-state index is 15.1. The molecule has 4 rings (SSSR count). The summed E-state index contributed by atoms with van der Waals surface area (Å²) >= 11 is 7.24. The molecule has 1 saturated heterocycles. The first-order valence-electron chi connectivity index (χ1n) is 11.6. The predicted octanol–water partition coefficient (Wildman–Crippen LogP) is 5.42. The lowest BCUT2D eigenvalue weighted by molar-refractivity contribution is 0.00578. The lowest BCUT2D eigenvalue weighted by Gasteiger charge is -2.32. The predicted molar refractivity (Wildman–Crippen MR) is 145 cm³/mol. The van der Waals surface area contributed by atoms with Crippen LogP contribution in [0.25, 0.3) is 0 Å². The maximum absolute atomic E-state index is 15.1. The second-order valence-corrected chi connectivity index (χ2v) is 12.8. The van der Waals surface area contributed by atoms with Gasteiger partial charge in [-0.05, 0) is 58.3 Å². The summed E-state index contributed by atoms with van der Waals surface area (Å²) in [7, 11) is -5.65. The molecule has 1 aromatic heterocycles. The second kappa shape index (κ2) is 10.3. The number of carbonyl (C=O) groups is 1. The molecule has 1 amide bonds. The molecule has 1 atom stereocenters. The first kappa shape index (κ1) is 29.2. The van der Waals surface area contributed by atoms with Crippen LogP contribution in [0.2, 0.25) is 5.02 Å². The Morgan fingerprint density at radius 1 is 1.15 bits per heavy atom. The topological polar surface area (TPSA) is 118 Å². The van der Waals surface area contributed by atoms with Crippen LogP contribution in [0.5, 0.6) is 0 Å². The van der Waals surface area contributed by atoms with Crippen LogP contribution >= 0.6 is 22.9 Å². The molecule has 1 aliphatic heterocycles. The summed E-state index contributed by atoms with van der Waals surface area (Å²) < 4.78 is 68.0. The Morgan fingerprint density at radius 2 is 1.79 bits per heavy atom. The smallest absolute Gasteiger partial charge is 0.464 e. The maximum Gasteiger partial charge on any atom is 0.494 e. The molecule has 0 bridgehead atoms. The molecule has 2 heterocycles. The molecule has 9 nitrogen and oxygen atoms in total. The average Bonchev–Trinajstić information content (AvgIpc) is 3.41. The highest BCUT2D eigenvalue weighted by Gasteiger charge is 2.51. The highest BCUT2D eigenvalue weighted by atomic mass is 35.5. The Hall–Kier alpha value is -2.78. The third-order valence-corrected chi connectivity index (χ3v) is 9.30. The van der Waals surface area contributed by atoms with Gasteiger partial charge in [-0.15, -0.1) is 15.6 Å². The summed E-state index contributed by atoms with van der Waals surface area (Å²) in [5.74, 6) is -2.22. The van der Waals surface area contributed by atoms with Crippen LogP contribution in [-0.2, 0) is 19.3 Å². The van der Waals surface area contributed by atoms with Crippen LogP contribution in [0, 0.1) is 11.6 Å². The molecular weight excluding hydrogens is 575 g/mol. The summed E-state index contributed by atoms with van der Waals surface area (Å²) in [6.45, 7) is 9.20. The molecular formula is C24H25BClF2N3O6S2. The molecule has 0 radical (unpaired) electrons. The fourth-order valence-electron chi connectivity index (χ4n) is 3.90. The molecule has 39 heavy (non-hydrogen) atoms. The van der Waals surface area contributed by atoms with E-state index in [0.717, 1.165) is 23.5 Å². The van der Waals surface area contributed by atoms with Gasteiger partial charge in [0.15, 0.2) is 5.82 Å². The fourth-order valence-corrected chi connectivity index (χ4v) is 6.08. The number of aromatic nitrogens is 1. The summed E-state index contributed by atoms with van der Waals surface area (Å²) in [4.78, 5) is 14.4. The number of sulfonamides is 1. The number of hydrogen-bond acceptors (Lipinski definition) is 8. The van der Waals surface area contributed by atoms with Crippen molar-refractivity contribution in [2.45, 2.75) is 56.8 Å². The molecule has 2 aromatic carbocycles. The Kier molecular flexibility index (Phi) is 7.73. The molecule has 0 aliphatic carbocycles. The number of carboxylic acid groups (broad SMARTS) is 1. The zero-order valence-electron chi connectivity index (χ0n) is 21.5. The third kappa shape index (κ3) is 5.48. The molecule has 1 aliphatic rings. The molecule has 2 N–H and O–H groups in total. The van der Waals surface area contributed by atoms with Crippen LogP contribution in [0.15, 0.2) is 46.1 Å². The van der Waals surface area contributed by atoms with E-state index in [4.69, 9.17) is 20.9 Å². The summed E-state index contributed by atoms with van der Waals surface area (Å²) in [5.41, 5.74) is 0.790. The molecule has 15 heteroatoms. The van der Waals surface area contributed by atoms with Gasteiger partial charge in [-0.1, -0.05) is 23.7 Å². The minimum Gasteiger partial charge on any atom is -0.464 e. The molecule has 208 valence electrons. The first-order valence-corrected chi connectivity index (χ1v) is 14.4. The van der Waals surface area contributed by atoms with E-state index < -0.39 is 62.8 Å². The highest BCUT2D eigenvalue weighted by Crippen LogP contribution is 2.37. The summed E-state index contributed by atoms with van der Waals surface area (Å²) in [5, 5.41) is 13.3. The van der Waals surface area contributed by atoms with Crippen molar-refractivity contribution in [1.29, 1.82) is 0 Å². The quantitative estimate of drug-likeness (QED) is 0.346. The van der Waals surface area contributed by atoms with Crippen molar-refractivity contribution in [3.8, 4) is 0 Å². The minimum absolute atomic E-state index is 0.0309. The van der Waals surface area contributed by atoms with Gasteiger partial charge in [-0.25, -0.2) is 27.0 Å². The van der Waals surface area contributed by atoms with Crippen LogP contribution in [0.4, 0.5) is 25.1 Å². The van der Waals surface area contributed by atoms with Crippen molar-refractivity contribution in [2.24, 2.45) is 0 Å². The van der Waals surface area contributed by atoms with E-state index >= 15 is 4.39 Å². The number of amides is 1. The van der Waals surface area contributed by atoms with Crippen molar-refractivity contribution >= 4 is 63.1 Å². The Bertz CT molecular complexity index is 1510. The normalized spacial score (nSPS) is 17.2. The van der Waals surface area contributed by atoms with Crippen molar-refractivity contribution in [2.75, 3.05) is 9.62 Å². The molecule has 1 fully saturated rings. The van der Waals surface area contributed by atoms with Gasteiger partial charge in [0.1, 0.15) is 16.5 Å². The van der Waals surface area contributed by atoms with E-state index in [1.807, 2.05) is 27.7 Å². The largest absolute Gasteiger partial charge is 0.494 e. The number of thiazole rings is 1. The Labute approximate surface area is 233 Å². The fraction of sp³-hybridized carbons (Fsp3) is 0.333. The van der Waals surface area contributed by atoms with Crippen LogP contribution in [-0.4, -0.2) is 42.9 Å². The van der Waals surface area contributed by atoms with Gasteiger partial charge in [-0.3, -0.25) is 0 Å². The highest BCUT2D eigenvalue weighted by molar-refractivity contribution is 7.93. The van der Waals surface area contributed by atoms with Crippen molar-refractivity contribution in [3.05, 3.63) is 63.4 Å². The third-order valence-electron chi connectivity index (χ3n) is 6.72. The standard InChI is InChI=1S/C24H25BClF2N3O6S2/c1-13(15-8-14(6-7-17(15)27)25-36-23(2,3)24(4,5)37-25)30-19-10-18(28)20(9-16(19)26)39(34,35)31(22(32)33)21-11-38-12-29-21/h6-13,30H,1-5H3,(H,32,33). The summed E-state index contributed by atoms with van der Waals surface area (Å²) in [6, 6.07) is 5.24. The second-order valence-electron chi connectivity index (χ2n) is 9.90. The van der Waals surface area contributed by atoms with Gasteiger partial charge < -0.3 is 19.7 Å². The number of nitrogens with zero attached hydrogens (tertiary/aromatic N) is 2. The van der Waals surface area contributed by atoms with Crippen LogP contribution < -0.4 is 15.1 Å². The van der Waals surface area contributed by atoms with E-state index in [0.29, 0.717) is 5.46 Å². The number of hydrogen-bond donors (Lipinski definition) is 2. The van der Waals surface area contributed by atoms with Crippen LogP contribution in [0.3, 0.4) is 0 Å². The zero-order chi connectivity index (χ0) is 28.9. The molecule has 3 aromatic rings. The van der Waals surface area contributed by atoms with Gasteiger partial charge in [0.2, 0.25) is 0 Å². The van der Waals surface area contributed by atoms with E-state index in [1.54, 1.807) is 19.1 Å². The zero-order valence-corrected chi connectivity index (χ0v) is 23.9. The van der Waals surface area contributed by atoms with Gasteiger partial charge in [0, 0.05) is 10.9 Å².